The number of hydrogen-bond acceptors (Lipinski definition) is 4. The van der Waals surface area contributed by atoms with Crippen molar-refractivity contribution >= 4 is 23.5 Å². The number of carbonyl (C=O) groups is 3. The molecule has 2 amide bonds. The van der Waals surface area contributed by atoms with Crippen molar-refractivity contribution in [2.24, 2.45) is 0 Å². The van der Waals surface area contributed by atoms with Crippen LogP contribution in [0.2, 0.25) is 0 Å². The Morgan fingerprint density at radius 3 is 2.72 bits per heavy atom. The third kappa shape index (κ3) is 3.60. The third-order valence-electron chi connectivity index (χ3n) is 3.86. The highest BCUT2D eigenvalue weighted by Gasteiger charge is 2.19. The zero-order chi connectivity index (χ0) is 18.0. The summed E-state index contributed by atoms with van der Waals surface area (Å²) in [7, 11) is 0. The zero-order valence-corrected chi connectivity index (χ0v) is 13.4. The van der Waals surface area contributed by atoms with Crippen LogP contribution >= 0.6 is 0 Å². The fraction of sp³-hybridized carbons (Fsp3) is 0.167. The fourth-order valence-electron chi connectivity index (χ4n) is 2.53. The molecule has 0 fully saturated rings. The number of carboxylic acids is 1. The van der Waals surface area contributed by atoms with E-state index in [4.69, 9.17) is 9.84 Å². The van der Waals surface area contributed by atoms with Gasteiger partial charge in [-0.05, 0) is 42.8 Å². The Labute approximate surface area is 143 Å². The molecule has 128 valence electrons. The smallest absolute Gasteiger partial charge is 0.335 e. The highest BCUT2D eigenvalue weighted by atomic mass is 16.5. The second-order valence-corrected chi connectivity index (χ2v) is 5.67. The number of anilines is 1. The molecule has 7 nitrogen and oxygen atoms in total. The molecule has 0 spiro atoms. The summed E-state index contributed by atoms with van der Waals surface area (Å²) in [6.45, 7) is 1.78. The normalized spacial score (nSPS) is 13.9. The summed E-state index contributed by atoms with van der Waals surface area (Å²) in [5, 5.41) is 14.5. The first-order chi connectivity index (χ1) is 11.9. The number of rotatable bonds is 4. The average Bonchev–Trinajstić information content (AvgIpc) is 2.61. The van der Waals surface area contributed by atoms with Crippen molar-refractivity contribution in [3.63, 3.8) is 0 Å². The molecule has 1 aliphatic rings. The lowest BCUT2D eigenvalue weighted by Crippen LogP contribution is -2.28. The molecule has 3 rings (SSSR count). The van der Waals surface area contributed by atoms with Gasteiger partial charge in [0.25, 0.3) is 11.8 Å². The van der Waals surface area contributed by atoms with Gasteiger partial charge in [-0.1, -0.05) is 12.1 Å². The van der Waals surface area contributed by atoms with Crippen LogP contribution in [-0.4, -0.2) is 29.5 Å². The molecule has 1 aliphatic heterocycles. The second-order valence-electron chi connectivity index (χ2n) is 5.67. The zero-order valence-electron chi connectivity index (χ0n) is 13.4. The molecular formula is C18H16N2O5. The molecule has 25 heavy (non-hydrogen) atoms. The first-order valence-electron chi connectivity index (χ1n) is 7.65. The maximum absolute atomic E-state index is 12.3. The summed E-state index contributed by atoms with van der Waals surface area (Å²) in [5.74, 6) is -1.12. The number of hydrogen-bond donors (Lipinski definition) is 3. The van der Waals surface area contributed by atoms with Crippen molar-refractivity contribution in [2.45, 2.75) is 13.0 Å². The van der Waals surface area contributed by atoms with Gasteiger partial charge in [0.2, 0.25) is 0 Å². The van der Waals surface area contributed by atoms with Crippen LogP contribution in [0.25, 0.3) is 0 Å². The minimum absolute atomic E-state index is 0.0153. The van der Waals surface area contributed by atoms with E-state index in [1.165, 1.54) is 18.2 Å². The van der Waals surface area contributed by atoms with Gasteiger partial charge in [-0.3, -0.25) is 9.59 Å². The monoisotopic (exact) mass is 340 g/mol. The lowest BCUT2D eigenvalue weighted by Gasteiger charge is -2.21. The van der Waals surface area contributed by atoms with Crippen molar-refractivity contribution in [2.75, 3.05) is 11.9 Å². The molecule has 7 heteroatoms. The quantitative estimate of drug-likeness (QED) is 0.791. The molecule has 3 N–H and O–H groups in total. The molecule has 0 saturated heterocycles. The predicted molar refractivity (Wildman–Crippen MR) is 89.8 cm³/mol. The summed E-state index contributed by atoms with van der Waals surface area (Å²) in [6.07, 6.45) is 0. The van der Waals surface area contributed by atoms with Crippen molar-refractivity contribution in [1.29, 1.82) is 0 Å². The van der Waals surface area contributed by atoms with Gasteiger partial charge in [0.15, 0.2) is 6.61 Å². The number of benzene rings is 2. The Hall–Kier alpha value is -3.35. The summed E-state index contributed by atoms with van der Waals surface area (Å²) >= 11 is 0. The Morgan fingerprint density at radius 2 is 1.96 bits per heavy atom. The van der Waals surface area contributed by atoms with E-state index in [0.29, 0.717) is 11.4 Å². The van der Waals surface area contributed by atoms with Crippen LogP contribution in [0, 0.1) is 0 Å². The maximum atomic E-state index is 12.3. The topological polar surface area (TPSA) is 105 Å². The third-order valence-corrected chi connectivity index (χ3v) is 3.86. The van der Waals surface area contributed by atoms with Crippen LogP contribution in [0.1, 0.15) is 39.2 Å². The predicted octanol–water partition coefficient (Wildman–Crippen LogP) is 2.21. The number of carbonyl (C=O) groups excluding carboxylic acids is 2. The van der Waals surface area contributed by atoms with Crippen molar-refractivity contribution < 1.29 is 24.2 Å². The largest absolute Gasteiger partial charge is 0.482 e. The van der Waals surface area contributed by atoms with Crippen LogP contribution in [0.5, 0.6) is 5.75 Å². The fourth-order valence-corrected chi connectivity index (χ4v) is 2.53. The van der Waals surface area contributed by atoms with Crippen LogP contribution < -0.4 is 15.4 Å². The molecule has 1 heterocycles. The molecule has 0 aliphatic carbocycles. The summed E-state index contributed by atoms with van der Waals surface area (Å²) in [6, 6.07) is 10.8. The maximum Gasteiger partial charge on any atom is 0.335 e. The minimum atomic E-state index is -1.09. The minimum Gasteiger partial charge on any atom is -0.482 e. The van der Waals surface area contributed by atoms with Gasteiger partial charge in [-0.2, -0.15) is 0 Å². The van der Waals surface area contributed by atoms with E-state index >= 15 is 0 Å². The molecule has 2 aromatic carbocycles. The SMILES string of the molecule is CC(NC(=O)c1cccc(C(=O)O)c1)c1ccc2c(c1)NC(=O)CO2. The molecular weight excluding hydrogens is 324 g/mol. The average molecular weight is 340 g/mol. The molecule has 0 radical (unpaired) electrons. The Morgan fingerprint density at radius 1 is 1.20 bits per heavy atom. The van der Waals surface area contributed by atoms with Crippen LogP contribution in [0.3, 0.4) is 0 Å². The number of fused-ring (bicyclic) bond motifs is 1. The van der Waals surface area contributed by atoms with E-state index in [2.05, 4.69) is 10.6 Å². The van der Waals surface area contributed by atoms with E-state index in [9.17, 15) is 14.4 Å². The van der Waals surface area contributed by atoms with Gasteiger partial charge >= 0.3 is 5.97 Å². The summed E-state index contributed by atoms with van der Waals surface area (Å²) < 4.78 is 5.30. The molecule has 0 aromatic heterocycles. The van der Waals surface area contributed by atoms with Gasteiger partial charge in [-0.15, -0.1) is 0 Å². The number of amides is 2. The van der Waals surface area contributed by atoms with Gasteiger partial charge in [0.05, 0.1) is 17.3 Å². The number of nitrogens with one attached hydrogen (secondary N) is 2. The van der Waals surface area contributed by atoms with Crippen molar-refractivity contribution in [1.82, 2.24) is 5.32 Å². The molecule has 1 atom stereocenters. The van der Waals surface area contributed by atoms with E-state index < -0.39 is 5.97 Å². The van der Waals surface area contributed by atoms with Gasteiger partial charge in [-0.25, -0.2) is 4.79 Å². The highest BCUT2D eigenvalue weighted by Crippen LogP contribution is 2.30. The van der Waals surface area contributed by atoms with Crippen molar-refractivity contribution in [3.8, 4) is 5.75 Å². The van der Waals surface area contributed by atoms with E-state index in [-0.39, 0.29) is 35.6 Å². The lowest BCUT2D eigenvalue weighted by atomic mass is 10.1. The van der Waals surface area contributed by atoms with Crippen LogP contribution in [-0.2, 0) is 4.79 Å². The standard InChI is InChI=1S/C18H16N2O5/c1-10(11-5-6-15-14(8-11)20-16(21)9-25-15)19-17(22)12-3-2-4-13(7-12)18(23)24/h2-8,10H,9H2,1H3,(H,19,22)(H,20,21)(H,23,24). The Bertz CT molecular complexity index is 862. The second kappa shape index (κ2) is 6.64. The van der Waals surface area contributed by atoms with Gasteiger partial charge in [0.1, 0.15) is 5.75 Å². The number of aromatic carboxylic acids is 1. The molecule has 1 unspecified atom stereocenters. The van der Waals surface area contributed by atoms with E-state index in [1.54, 1.807) is 31.2 Å². The molecule has 2 aromatic rings. The lowest BCUT2D eigenvalue weighted by molar-refractivity contribution is -0.118. The Kier molecular flexibility index (Phi) is 4.38. The van der Waals surface area contributed by atoms with Crippen LogP contribution in [0.4, 0.5) is 5.69 Å². The van der Waals surface area contributed by atoms with E-state index in [1.807, 2.05) is 0 Å². The first-order valence-corrected chi connectivity index (χ1v) is 7.65. The van der Waals surface area contributed by atoms with Crippen LogP contribution in [0.15, 0.2) is 42.5 Å². The summed E-state index contributed by atoms with van der Waals surface area (Å²) in [5.41, 5.74) is 1.66. The Balaban J connectivity index is 1.76. The number of carboxylic acid groups (broad SMARTS) is 1. The summed E-state index contributed by atoms with van der Waals surface area (Å²) in [4.78, 5) is 34.8. The number of ether oxygens (including phenoxy) is 1. The highest BCUT2D eigenvalue weighted by molar-refractivity contribution is 5.98. The molecule has 0 saturated carbocycles. The van der Waals surface area contributed by atoms with Crippen molar-refractivity contribution in [3.05, 3.63) is 59.2 Å². The van der Waals surface area contributed by atoms with Gasteiger partial charge < -0.3 is 20.5 Å². The van der Waals surface area contributed by atoms with E-state index in [0.717, 1.165) is 5.56 Å². The van der Waals surface area contributed by atoms with Gasteiger partial charge in [0, 0.05) is 5.56 Å². The first kappa shape index (κ1) is 16.5. The molecule has 0 bridgehead atoms.